The van der Waals surface area contributed by atoms with Crippen LogP contribution >= 0.6 is 0 Å². The number of allylic oxidation sites excluding steroid dienone is 3. The SMILES string of the molecule is COC1=NN=C(c2ccc(C)cc2)C2C3=C(OC)Oc4c(ccc5ccccc45)C3=CC(c3ccc(OC)cc3)C12. The molecule has 0 saturated heterocycles. The first-order chi connectivity index (χ1) is 20.1. The molecule has 1 aliphatic carbocycles. The molecule has 41 heavy (non-hydrogen) atoms. The van der Waals surface area contributed by atoms with Gasteiger partial charge in [-0.25, -0.2) is 0 Å². The number of benzene rings is 4. The maximum Gasteiger partial charge on any atom is 0.289 e. The Hall–Kier alpha value is -4.84. The fraction of sp³-hybridized carbons (Fsp3) is 0.200. The molecule has 0 bridgehead atoms. The summed E-state index contributed by atoms with van der Waals surface area (Å²) < 4.78 is 24.0. The molecule has 6 heteroatoms. The van der Waals surface area contributed by atoms with E-state index in [4.69, 9.17) is 24.0 Å². The summed E-state index contributed by atoms with van der Waals surface area (Å²) in [4.78, 5) is 0. The highest BCUT2D eigenvalue weighted by atomic mass is 16.7. The zero-order chi connectivity index (χ0) is 28.1. The van der Waals surface area contributed by atoms with Gasteiger partial charge in [-0.1, -0.05) is 78.4 Å². The Labute approximate surface area is 239 Å². The minimum Gasteiger partial charge on any atom is -0.497 e. The summed E-state index contributed by atoms with van der Waals surface area (Å²) >= 11 is 0. The molecule has 0 spiro atoms. The summed E-state index contributed by atoms with van der Waals surface area (Å²) in [5.74, 6) is 2.20. The van der Waals surface area contributed by atoms with Crippen molar-refractivity contribution < 1.29 is 18.9 Å². The van der Waals surface area contributed by atoms with Crippen LogP contribution in [-0.2, 0) is 9.47 Å². The first kappa shape index (κ1) is 25.1. The molecule has 4 aromatic rings. The molecule has 3 unspecified atom stereocenters. The topological polar surface area (TPSA) is 61.6 Å². The van der Waals surface area contributed by atoms with Crippen LogP contribution in [0.15, 0.2) is 113 Å². The predicted octanol–water partition coefficient (Wildman–Crippen LogP) is 7.28. The van der Waals surface area contributed by atoms with Crippen LogP contribution in [0.1, 0.15) is 28.2 Å². The molecule has 0 amide bonds. The van der Waals surface area contributed by atoms with Crippen molar-refractivity contribution in [1.82, 2.24) is 0 Å². The van der Waals surface area contributed by atoms with Crippen molar-refractivity contribution in [3.8, 4) is 11.5 Å². The quantitative estimate of drug-likeness (QED) is 0.272. The highest BCUT2D eigenvalue weighted by Crippen LogP contribution is 2.55. The normalized spacial score (nSPS) is 21.0. The Bertz CT molecular complexity index is 1780. The van der Waals surface area contributed by atoms with Crippen molar-refractivity contribution in [2.24, 2.45) is 22.0 Å². The minimum atomic E-state index is -0.230. The largest absolute Gasteiger partial charge is 0.497 e. The van der Waals surface area contributed by atoms with Crippen molar-refractivity contribution in [2.45, 2.75) is 12.8 Å². The van der Waals surface area contributed by atoms with Crippen LogP contribution < -0.4 is 9.47 Å². The Morgan fingerprint density at radius 2 is 1.54 bits per heavy atom. The molecule has 4 aromatic carbocycles. The average Bonchev–Trinajstić information content (AvgIpc) is 3.03. The zero-order valence-corrected chi connectivity index (χ0v) is 23.4. The Balaban J connectivity index is 1.51. The molecule has 7 rings (SSSR count). The highest BCUT2D eigenvalue weighted by molar-refractivity contribution is 6.12. The molecule has 3 atom stereocenters. The first-order valence-electron chi connectivity index (χ1n) is 13.7. The van der Waals surface area contributed by atoms with E-state index in [9.17, 15) is 0 Å². The summed E-state index contributed by atoms with van der Waals surface area (Å²) in [6.07, 6.45) is 2.32. The van der Waals surface area contributed by atoms with Crippen LogP contribution in [0.4, 0.5) is 0 Å². The maximum atomic E-state index is 6.62. The van der Waals surface area contributed by atoms with Crippen LogP contribution in [0, 0.1) is 18.8 Å². The molecule has 0 N–H and O–H groups in total. The molecule has 0 aromatic heterocycles. The van der Waals surface area contributed by atoms with Gasteiger partial charge in [0.25, 0.3) is 5.95 Å². The van der Waals surface area contributed by atoms with Gasteiger partial charge in [-0.05, 0) is 47.2 Å². The predicted molar refractivity (Wildman–Crippen MR) is 161 cm³/mol. The molecule has 0 radical (unpaired) electrons. The summed E-state index contributed by atoms with van der Waals surface area (Å²) in [6, 6.07) is 29.2. The number of nitrogens with zero attached hydrogens (tertiary/aromatic N) is 2. The van der Waals surface area contributed by atoms with Gasteiger partial charge in [0, 0.05) is 22.8 Å². The lowest BCUT2D eigenvalue weighted by molar-refractivity contribution is 0.142. The zero-order valence-electron chi connectivity index (χ0n) is 23.4. The maximum absolute atomic E-state index is 6.62. The van der Waals surface area contributed by atoms with Crippen LogP contribution in [-0.4, -0.2) is 32.9 Å². The number of fused-ring (bicyclic) bond motifs is 7. The van der Waals surface area contributed by atoms with Crippen LogP contribution in [0.5, 0.6) is 11.5 Å². The first-order valence-corrected chi connectivity index (χ1v) is 13.7. The van der Waals surface area contributed by atoms with Gasteiger partial charge >= 0.3 is 0 Å². The smallest absolute Gasteiger partial charge is 0.289 e. The van der Waals surface area contributed by atoms with Gasteiger partial charge in [-0.2, -0.15) is 5.10 Å². The third-order valence-electron chi connectivity index (χ3n) is 8.36. The molecule has 3 aliphatic rings. The van der Waals surface area contributed by atoms with Gasteiger partial charge in [-0.15, -0.1) is 5.10 Å². The van der Waals surface area contributed by atoms with Crippen molar-refractivity contribution in [2.75, 3.05) is 21.3 Å². The molecule has 2 heterocycles. The van der Waals surface area contributed by atoms with E-state index < -0.39 is 0 Å². The van der Waals surface area contributed by atoms with Gasteiger partial charge in [0.1, 0.15) is 11.5 Å². The van der Waals surface area contributed by atoms with Crippen molar-refractivity contribution in [1.29, 1.82) is 0 Å². The van der Waals surface area contributed by atoms with E-state index in [-0.39, 0.29) is 17.8 Å². The molecular weight excluding hydrogens is 512 g/mol. The van der Waals surface area contributed by atoms with Gasteiger partial charge in [-0.3, -0.25) is 0 Å². The second kappa shape index (κ2) is 9.97. The number of methoxy groups -OCH3 is 3. The van der Waals surface area contributed by atoms with Gasteiger partial charge in [0.2, 0.25) is 5.90 Å². The van der Waals surface area contributed by atoms with E-state index in [1.165, 1.54) is 5.56 Å². The van der Waals surface area contributed by atoms with E-state index in [2.05, 4.69) is 78.8 Å². The highest BCUT2D eigenvalue weighted by Gasteiger charge is 2.50. The molecule has 0 fully saturated rings. The van der Waals surface area contributed by atoms with Crippen molar-refractivity contribution >= 4 is 28.0 Å². The molecule has 2 aliphatic heterocycles. The van der Waals surface area contributed by atoms with E-state index in [0.29, 0.717) is 11.8 Å². The summed E-state index contributed by atoms with van der Waals surface area (Å²) in [5, 5.41) is 11.5. The number of ether oxygens (including phenoxy) is 4. The summed E-state index contributed by atoms with van der Waals surface area (Å²) in [7, 11) is 5.01. The lowest BCUT2D eigenvalue weighted by Gasteiger charge is -2.42. The van der Waals surface area contributed by atoms with Gasteiger partial charge in [0.15, 0.2) is 0 Å². The van der Waals surface area contributed by atoms with E-state index >= 15 is 0 Å². The second-order valence-corrected chi connectivity index (χ2v) is 10.5. The molecule has 204 valence electrons. The lowest BCUT2D eigenvalue weighted by atomic mass is 9.63. The standard InChI is InChI=1S/C35H30N2O4/c1-20-9-11-23(12-10-20)32-31-29(34(39-3)37-36-32)27(22-13-16-24(38-2)17-14-22)19-28-26-18-15-21-7-5-6-8-25(21)33(26)41-35(40-4)30(28)31/h5-19,27,29,31H,1-4H3. The fourth-order valence-electron chi connectivity index (χ4n) is 6.37. The lowest BCUT2D eigenvalue weighted by Crippen LogP contribution is -2.42. The van der Waals surface area contributed by atoms with Crippen molar-refractivity contribution in [3.05, 3.63) is 125 Å². The van der Waals surface area contributed by atoms with Crippen LogP contribution in [0.2, 0.25) is 0 Å². The Morgan fingerprint density at radius 3 is 2.27 bits per heavy atom. The van der Waals surface area contributed by atoms with E-state index in [1.807, 2.05) is 24.3 Å². The summed E-state index contributed by atoms with van der Waals surface area (Å²) in [5.41, 5.74) is 7.24. The number of aryl methyl sites for hydroxylation is 1. The van der Waals surface area contributed by atoms with Crippen molar-refractivity contribution in [3.63, 3.8) is 0 Å². The molecule has 0 saturated carbocycles. The Kier molecular flexibility index (Phi) is 6.11. The van der Waals surface area contributed by atoms with E-state index in [1.54, 1.807) is 21.3 Å². The van der Waals surface area contributed by atoms with Crippen LogP contribution in [0.3, 0.4) is 0 Å². The minimum absolute atomic E-state index is 0.0603. The summed E-state index contributed by atoms with van der Waals surface area (Å²) in [6.45, 7) is 2.08. The fourth-order valence-corrected chi connectivity index (χ4v) is 6.37. The average molecular weight is 543 g/mol. The Morgan fingerprint density at radius 1 is 0.756 bits per heavy atom. The molecule has 6 nitrogen and oxygen atoms in total. The molecular formula is C35H30N2O4. The monoisotopic (exact) mass is 542 g/mol. The number of rotatable bonds is 4. The third kappa shape index (κ3) is 4.01. The van der Waals surface area contributed by atoms with Gasteiger partial charge in [0.05, 0.1) is 38.5 Å². The van der Waals surface area contributed by atoms with Crippen LogP contribution in [0.25, 0.3) is 16.3 Å². The number of hydrogen-bond acceptors (Lipinski definition) is 6. The van der Waals surface area contributed by atoms with Gasteiger partial charge < -0.3 is 18.9 Å². The second-order valence-electron chi connectivity index (χ2n) is 10.5. The number of hydrogen-bond donors (Lipinski definition) is 0. The third-order valence-corrected chi connectivity index (χ3v) is 8.36. The van der Waals surface area contributed by atoms with E-state index in [0.717, 1.165) is 55.8 Å².